The summed E-state index contributed by atoms with van der Waals surface area (Å²) in [6, 6.07) is 0. The van der Waals surface area contributed by atoms with Gasteiger partial charge in [-0.05, 0) is 15.9 Å². The van der Waals surface area contributed by atoms with Gasteiger partial charge in [0.05, 0.1) is 5.75 Å². The second-order valence-electron chi connectivity index (χ2n) is 1.22. The lowest BCUT2D eigenvalue weighted by Crippen LogP contribution is -1.72. The van der Waals surface area contributed by atoms with Gasteiger partial charge in [0.25, 0.3) is 0 Å². The van der Waals surface area contributed by atoms with Crippen LogP contribution in [0.15, 0.2) is 15.3 Å². The lowest BCUT2D eigenvalue weighted by molar-refractivity contribution is 0.517. The molecule has 0 aliphatic heterocycles. The molecule has 1 heterocycles. The van der Waals surface area contributed by atoms with Gasteiger partial charge in [-0.3, -0.25) is 0 Å². The average molecular weight is 194 g/mol. The molecule has 0 aliphatic carbocycles. The minimum atomic E-state index is 0.547. The van der Waals surface area contributed by atoms with Gasteiger partial charge in [-0.1, -0.05) is 0 Å². The molecule has 0 unspecified atom stereocenters. The van der Waals surface area contributed by atoms with Crippen molar-refractivity contribution in [1.29, 1.82) is 0 Å². The first kappa shape index (κ1) is 6.16. The molecule has 1 aromatic rings. The third kappa shape index (κ3) is 1.26. The zero-order valence-electron chi connectivity index (χ0n) is 3.97. The fourth-order valence-corrected chi connectivity index (χ4v) is 0.798. The number of hydrogen-bond donors (Lipinski definition) is 1. The molecule has 0 saturated heterocycles. The van der Waals surface area contributed by atoms with Crippen molar-refractivity contribution < 1.29 is 4.42 Å². The monoisotopic (exact) mass is 193 g/mol. The van der Waals surface area contributed by atoms with Crippen LogP contribution < -0.4 is 0 Å². The molecule has 0 saturated carbocycles. The zero-order chi connectivity index (χ0) is 5.98. The van der Waals surface area contributed by atoms with Gasteiger partial charge < -0.3 is 4.42 Å². The Morgan fingerprint density at radius 2 is 2.62 bits per heavy atom. The van der Waals surface area contributed by atoms with Crippen molar-refractivity contribution >= 4 is 28.6 Å². The van der Waals surface area contributed by atoms with E-state index < -0.39 is 0 Å². The summed E-state index contributed by atoms with van der Waals surface area (Å²) < 4.78 is 5.60. The molecule has 0 spiro atoms. The van der Waals surface area contributed by atoms with E-state index in [4.69, 9.17) is 4.42 Å². The molecule has 1 aromatic heterocycles. The number of aromatic nitrogens is 1. The first-order valence-corrected chi connectivity index (χ1v) is 3.46. The Morgan fingerprint density at radius 1 is 1.88 bits per heavy atom. The smallest absolute Gasteiger partial charge is 0.204 e. The molecule has 0 bridgehead atoms. The molecule has 2 nitrogen and oxygen atoms in total. The summed E-state index contributed by atoms with van der Waals surface area (Å²) in [5, 5.41) is 0. The Morgan fingerprint density at radius 3 is 2.88 bits per heavy atom. The van der Waals surface area contributed by atoms with E-state index in [1.807, 2.05) is 0 Å². The Balaban J connectivity index is 2.84. The Kier molecular flexibility index (Phi) is 1.96. The number of halogens is 1. The summed E-state index contributed by atoms with van der Waals surface area (Å²) in [5.41, 5.74) is 0. The highest BCUT2D eigenvalue weighted by atomic mass is 79.9. The number of rotatable bonds is 1. The second-order valence-corrected chi connectivity index (χ2v) is 2.35. The molecule has 8 heavy (non-hydrogen) atoms. The van der Waals surface area contributed by atoms with Gasteiger partial charge in [-0.25, -0.2) is 4.98 Å². The third-order valence-corrected chi connectivity index (χ3v) is 1.29. The van der Waals surface area contributed by atoms with Crippen LogP contribution in [0.3, 0.4) is 0 Å². The van der Waals surface area contributed by atoms with Crippen LogP contribution in [0.1, 0.15) is 5.89 Å². The van der Waals surface area contributed by atoms with E-state index in [-0.39, 0.29) is 0 Å². The maximum absolute atomic E-state index is 4.88. The first-order chi connectivity index (χ1) is 3.83. The van der Waals surface area contributed by atoms with Gasteiger partial charge in [0, 0.05) is 0 Å². The molecule has 0 N–H and O–H groups in total. The van der Waals surface area contributed by atoms with Gasteiger partial charge >= 0.3 is 0 Å². The van der Waals surface area contributed by atoms with Crippen molar-refractivity contribution in [2.24, 2.45) is 0 Å². The van der Waals surface area contributed by atoms with E-state index >= 15 is 0 Å². The normalized spacial score (nSPS) is 9.75. The highest BCUT2D eigenvalue weighted by Crippen LogP contribution is 2.09. The Labute approximate surface area is 60.8 Å². The fraction of sp³-hybridized carbons (Fsp3) is 0.250. The van der Waals surface area contributed by atoms with Crippen LogP contribution in [0, 0.1) is 0 Å². The van der Waals surface area contributed by atoms with E-state index in [2.05, 4.69) is 33.5 Å². The summed E-state index contributed by atoms with van der Waals surface area (Å²) in [6.45, 7) is 0. The summed E-state index contributed by atoms with van der Waals surface area (Å²) in [5.74, 6) is 1.19. The lowest BCUT2D eigenvalue weighted by atomic mass is 10.8. The molecule has 44 valence electrons. The standard InChI is InChI=1S/C4H4BrNOS/c5-3-1-7-4(2-8)6-3/h1,8H,2H2. The number of hydrogen-bond acceptors (Lipinski definition) is 3. The van der Waals surface area contributed by atoms with Gasteiger partial charge in [0.2, 0.25) is 5.89 Å². The quantitative estimate of drug-likeness (QED) is 0.690. The molecule has 1 rings (SSSR count). The summed E-state index contributed by atoms with van der Waals surface area (Å²) in [4.78, 5) is 3.90. The van der Waals surface area contributed by atoms with Crippen LogP contribution in [0.25, 0.3) is 0 Å². The van der Waals surface area contributed by atoms with Crippen LogP contribution in [0.5, 0.6) is 0 Å². The summed E-state index contributed by atoms with van der Waals surface area (Å²) in [7, 11) is 0. The van der Waals surface area contributed by atoms with Gasteiger partial charge in [-0.15, -0.1) is 0 Å². The van der Waals surface area contributed by atoms with E-state index in [0.717, 1.165) is 4.60 Å². The number of nitrogens with zero attached hydrogens (tertiary/aromatic N) is 1. The molecule has 0 aliphatic rings. The highest BCUT2D eigenvalue weighted by molar-refractivity contribution is 9.10. The maximum atomic E-state index is 4.88. The molecule has 0 amide bonds. The second kappa shape index (κ2) is 2.55. The van der Waals surface area contributed by atoms with E-state index in [9.17, 15) is 0 Å². The Hall–Kier alpha value is 0.0400. The fourth-order valence-electron chi connectivity index (χ4n) is 0.361. The first-order valence-electron chi connectivity index (χ1n) is 2.03. The molecule has 0 aromatic carbocycles. The van der Waals surface area contributed by atoms with Crippen molar-refractivity contribution in [2.45, 2.75) is 5.75 Å². The highest BCUT2D eigenvalue weighted by Gasteiger charge is 1.95. The SMILES string of the molecule is SCc1nc(Br)co1. The average Bonchev–Trinajstić information content (AvgIpc) is 2.14. The van der Waals surface area contributed by atoms with Crippen LogP contribution in [0.4, 0.5) is 0 Å². The topological polar surface area (TPSA) is 26.0 Å². The molecule has 4 heteroatoms. The molecular weight excluding hydrogens is 190 g/mol. The third-order valence-electron chi connectivity index (χ3n) is 0.659. The largest absolute Gasteiger partial charge is 0.447 e. The van der Waals surface area contributed by atoms with Crippen molar-refractivity contribution in [3.05, 3.63) is 16.8 Å². The van der Waals surface area contributed by atoms with Gasteiger partial charge in [0.15, 0.2) is 0 Å². The predicted octanol–water partition coefficient (Wildman–Crippen LogP) is 1.87. The predicted molar refractivity (Wildman–Crippen MR) is 36.9 cm³/mol. The van der Waals surface area contributed by atoms with Crippen molar-refractivity contribution in [3.8, 4) is 0 Å². The summed E-state index contributed by atoms with van der Waals surface area (Å²) in [6.07, 6.45) is 1.53. The maximum Gasteiger partial charge on any atom is 0.204 e. The lowest BCUT2D eigenvalue weighted by Gasteiger charge is -1.77. The number of oxazole rings is 1. The Bertz CT molecular complexity index is 176. The molecule has 0 radical (unpaired) electrons. The van der Waals surface area contributed by atoms with Crippen LogP contribution in [-0.4, -0.2) is 4.98 Å². The molecule has 0 fully saturated rings. The van der Waals surface area contributed by atoms with Crippen LogP contribution in [-0.2, 0) is 5.75 Å². The minimum absolute atomic E-state index is 0.547. The van der Waals surface area contributed by atoms with Gasteiger partial charge in [-0.2, -0.15) is 12.6 Å². The molecule has 0 atom stereocenters. The van der Waals surface area contributed by atoms with Crippen molar-refractivity contribution in [3.63, 3.8) is 0 Å². The molecular formula is C4H4BrNOS. The van der Waals surface area contributed by atoms with Crippen LogP contribution >= 0.6 is 28.6 Å². The van der Waals surface area contributed by atoms with Gasteiger partial charge in [0.1, 0.15) is 10.9 Å². The van der Waals surface area contributed by atoms with E-state index in [1.165, 1.54) is 6.26 Å². The summed E-state index contributed by atoms with van der Waals surface area (Å²) >= 11 is 7.08. The van der Waals surface area contributed by atoms with Crippen molar-refractivity contribution in [1.82, 2.24) is 4.98 Å². The van der Waals surface area contributed by atoms with Crippen LogP contribution in [0.2, 0.25) is 0 Å². The van der Waals surface area contributed by atoms with E-state index in [0.29, 0.717) is 11.6 Å². The zero-order valence-corrected chi connectivity index (χ0v) is 6.45. The minimum Gasteiger partial charge on any atom is -0.447 e. The number of thiol groups is 1. The van der Waals surface area contributed by atoms with E-state index in [1.54, 1.807) is 0 Å². The van der Waals surface area contributed by atoms with Crippen molar-refractivity contribution in [2.75, 3.05) is 0 Å².